The summed E-state index contributed by atoms with van der Waals surface area (Å²) >= 11 is 0. The summed E-state index contributed by atoms with van der Waals surface area (Å²) in [5.74, 6) is 1.48. The zero-order chi connectivity index (χ0) is 18.3. The first kappa shape index (κ1) is 25.0. The summed E-state index contributed by atoms with van der Waals surface area (Å²) < 4.78 is 0. The van der Waals surface area contributed by atoms with Gasteiger partial charge in [-0.2, -0.15) is 30.0 Å². The van der Waals surface area contributed by atoms with Crippen LogP contribution in [0.5, 0.6) is 0 Å². The van der Waals surface area contributed by atoms with E-state index in [0.717, 1.165) is 12.3 Å². The fraction of sp³-hybridized carbons (Fsp3) is 0.308. The summed E-state index contributed by atoms with van der Waals surface area (Å²) in [5.41, 5.74) is 1.34. The van der Waals surface area contributed by atoms with E-state index >= 15 is 0 Å². The molecule has 0 spiro atoms. The Bertz CT molecular complexity index is 388. The molecule has 0 aromatic heterocycles. The van der Waals surface area contributed by atoms with Crippen molar-refractivity contribution in [3.8, 4) is 0 Å². The van der Waals surface area contributed by atoms with Crippen molar-refractivity contribution in [2.45, 2.75) is 38.5 Å². The molecule has 0 aliphatic heterocycles. The first-order valence-corrected chi connectivity index (χ1v) is 9.91. The Morgan fingerprint density at radius 2 is 1.19 bits per heavy atom. The molecule has 0 bridgehead atoms. The second-order valence-corrected chi connectivity index (χ2v) is 6.93. The molecule has 0 amide bonds. The van der Waals surface area contributed by atoms with Crippen LogP contribution in [-0.4, -0.2) is 0 Å². The number of rotatable bonds is 4. The maximum Gasteiger partial charge on any atom is 2.00 e. The number of benzene rings is 1. The van der Waals surface area contributed by atoms with Crippen LogP contribution in [0.4, 0.5) is 0 Å². The fourth-order valence-corrected chi connectivity index (χ4v) is 3.32. The minimum Gasteiger partial charge on any atom is -0.341 e. The van der Waals surface area contributed by atoms with Crippen molar-refractivity contribution in [1.82, 2.24) is 0 Å². The van der Waals surface area contributed by atoms with Gasteiger partial charge in [0.25, 0.3) is 0 Å². The predicted octanol–water partition coefficient (Wildman–Crippen LogP) is 6.70. The Morgan fingerprint density at radius 3 is 1.63 bits per heavy atom. The van der Waals surface area contributed by atoms with Gasteiger partial charge in [-0.1, -0.05) is 44.1 Å². The van der Waals surface area contributed by atoms with Gasteiger partial charge in [0.1, 0.15) is 0 Å². The van der Waals surface area contributed by atoms with Gasteiger partial charge in [0.05, 0.1) is 0 Å². The van der Waals surface area contributed by atoms with Gasteiger partial charge in [-0.05, 0) is 64.2 Å². The summed E-state index contributed by atoms with van der Waals surface area (Å²) in [4.78, 5) is 0. The minimum absolute atomic E-state index is 0. The second-order valence-electron chi connectivity index (χ2n) is 6.93. The summed E-state index contributed by atoms with van der Waals surface area (Å²) in [6.07, 6.45) is 30.5. The second kappa shape index (κ2) is 16.9. The van der Waals surface area contributed by atoms with Crippen molar-refractivity contribution in [2.75, 3.05) is 0 Å². The van der Waals surface area contributed by atoms with Gasteiger partial charge < -0.3 is 6.92 Å². The molecule has 1 aromatic rings. The van der Waals surface area contributed by atoms with E-state index in [1.165, 1.54) is 37.7 Å². The van der Waals surface area contributed by atoms with Crippen LogP contribution in [-0.2, 0) is 26.2 Å². The third-order valence-electron chi connectivity index (χ3n) is 4.88. The molecule has 140 valence electrons. The van der Waals surface area contributed by atoms with Crippen molar-refractivity contribution < 1.29 is 26.2 Å². The molecule has 1 heteroatoms. The van der Waals surface area contributed by atoms with Gasteiger partial charge >= 0.3 is 26.2 Å². The molecular weight excluding hydrogens is 404 g/mol. The third-order valence-corrected chi connectivity index (χ3v) is 4.88. The van der Waals surface area contributed by atoms with E-state index in [4.69, 9.17) is 0 Å². The van der Waals surface area contributed by atoms with Crippen LogP contribution in [0.1, 0.15) is 44.1 Å². The molecule has 3 saturated carbocycles. The summed E-state index contributed by atoms with van der Waals surface area (Å²) in [5, 5.41) is 0. The summed E-state index contributed by atoms with van der Waals surface area (Å²) in [6, 6.07) is 10.6. The Labute approximate surface area is 189 Å². The van der Waals surface area contributed by atoms with Gasteiger partial charge in [0.2, 0.25) is 0 Å². The Hall–Kier alpha value is -0.0269. The molecule has 3 aliphatic carbocycles. The van der Waals surface area contributed by atoms with Gasteiger partial charge in [0.15, 0.2) is 0 Å². The molecule has 0 nitrogen and oxygen atoms in total. The van der Waals surface area contributed by atoms with Crippen molar-refractivity contribution in [3.63, 3.8) is 0 Å². The topological polar surface area (TPSA) is 0 Å². The maximum absolute atomic E-state index is 4.35. The van der Waals surface area contributed by atoms with Crippen LogP contribution in [0.3, 0.4) is 0 Å². The third kappa shape index (κ3) is 12.2. The van der Waals surface area contributed by atoms with Gasteiger partial charge in [-0.25, -0.2) is 0 Å². The van der Waals surface area contributed by atoms with Crippen LogP contribution >= 0.6 is 0 Å². The molecule has 1 atom stereocenters. The van der Waals surface area contributed by atoms with Crippen LogP contribution in [0.25, 0.3) is 0 Å². The van der Waals surface area contributed by atoms with Crippen LogP contribution in [0, 0.1) is 89.4 Å². The van der Waals surface area contributed by atoms with E-state index in [2.05, 4.69) is 43.7 Å². The van der Waals surface area contributed by atoms with Crippen molar-refractivity contribution in [2.24, 2.45) is 11.8 Å². The molecule has 3 fully saturated rings. The normalized spacial score (nSPS) is 20.3. The maximum atomic E-state index is 4.35. The first-order valence-electron chi connectivity index (χ1n) is 9.91. The fourth-order valence-electron chi connectivity index (χ4n) is 3.32. The summed E-state index contributed by atoms with van der Waals surface area (Å²) in [7, 11) is 0. The minimum atomic E-state index is 0. The van der Waals surface area contributed by atoms with E-state index in [9.17, 15) is 0 Å². The van der Waals surface area contributed by atoms with E-state index in [-0.39, 0.29) is 26.2 Å². The zero-order valence-corrected chi connectivity index (χ0v) is 18.8. The molecule has 0 heterocycles. The summed E-state index contributed by atoms with van der Waals surface area (Å²) in [6.45, 7) is 4.35. The Balaban J connectivity index is 0.000000270. The average molecular weight is 436 g/mol. The Kier molecular flexibility index (Phi) is 15.6. The standard InChI is InChI=1S/C16H22.2C5H5.Zr/c1-14(16-10-6-3-7-11-16)12-13-15-8-4-2-5-9-15;2*1-2-4-5-3-1;/h2,4-5,8-9,13-14,16H,1,3,6-7,10-12H2;2*1-5H;/q-2;;;+2/t14-;;;/m1.../s1. The van der Waals surface area contributed by atoms with Gasteiger partial charge in [-0.15, -0.1) is 18.6 Å². The molecule has 1 aromatic carbocycles. The van der Waals surface area contributed by atoms with E-state index in [1.807, 2.05) is 64.2 Å². The van der Waals surface area contributed by atoms with Crippen molar-refractivity contribution in [1.29, 1.82) is 0 Å². The van der Waals surface area contributed by atoms with E-state index in [1.54, 1.807) is 0 Å². The SMILES string of the molecule is [CH2-][C@H](C[CH-]c1ccccc1)C1CCCCC1.[CH]1[CH][CH][CH][CH]1.[CH]1[CH][CH][CH][CH]1.[Zr+2]. The van der Waals surface area contributed by atoms with Crippen LogP contribution < -0.4 is 0 Å². The molecular formula is C26H32Zr. The van der Waals surface area contributed by atoms with Crippen molar-refractivity contribution >= 4 is 0 Å². The van der Waals surface area contributed by atoms with Gasteiger partial charge in [-0.3, -0.25) is 0 Å². The molecule has 0 N–H and O–H groups in total. The largest absolute Gasteiger partial charge is 2.00 e. The van der Waals surface area contributed by atoms with E-state index < -0.39 is 0 Å². The predicted molar refractivity (Wildman–Crippen MR) is 113 cm³/mol. The smallest absolute Gasteiger partial charge is 0.341 e. The molecule has 27 heavy (non-hydrogen) atoms. The molecule has 0 unspecified atom stereocenters. The Morgan fingerprint density at radius 1 is 0.741 bits per heavy atom. The average Bonchev–Trinajstić information content (AvgIpc) is 3.46. The van der Waals surface area contributed by atoms with Crippen LogP contribution in [0.15, 0.2) is 30.3 Å². The zero-order valence-electron chi connectivity index (χ0n) is 16.3. The quantitative estimate of drug-likeness (QED) is 0.462. The number of hydrogen-bond donors (Lipinski definition) is 0. The monoisotopic (exact) mass is 434 g/mol. The number of hydrogen-bond acceptors (Lipinski definition) is 0. The van der Waals surface area contributed by atoms with Crippen molar-refractivity contribution in [3.05, 3.63) is 113 Å². The molecule has 0 saturated heterocycles. The van der Waals surface area contributed by atoms with Crippen LogP contribution in [0.2, 0.25) is 0 Å². The van der Waals surface area contributed by atoms with Gasteiger partial charge in [0, 0.05) is 0 Å². The first-order chi connectivity index (χ1) is 12.9. The molecule has 3 aliphatic rings. The molecule has 10 radical (unpaired) electrons. The van der Waals surface area contributed by atoms with E-state index in [0.29, 0.717) is 5.92 Å². The molecule has 4 rings (SSSR count).